The second kappa shape index (κ2) is 10.6. The summed E-state index contributed by atoms with van der Waals surface area (Å²) in [4.78, 5) is 15.5. The highest BCUT2D eigenvalue weighted by Gasteiger charge is 2.21. The predicted octanol–water partition coefficient (Wildman–Crippen LogP) is 3.29. The number of nitrogens with one attached hydrogen (secondary N) is 2. The normalized spacial score (nSPS) is 15.5. The third-order valence-corrected chi connectivity index (χ3v) is 6.90. The maximum atomic E-state index is 13.0. The molecule has 1 unspecified atom stereocenters. The van der Waals surface area contributed by atoms with Crippen LogP contribution in [0.4, 0.5) is 5.69 Å². The number of ether oxygens (including phenoxy) is 1. The first-order chi connectivity index (χ1) is 16.0. The fraction of sp³-hybridized carbons (Fsp3) is 0.240. The maximum absolute atomic E-state index is 13.0. The number of anilines is 1. The lowest BCUT2D eigenvalue weighted by Gasteiger charge is -2.31. The molecular weight excluding hydrogens is 438 g/mol. The van der Waals surface area contributed by atoms with Gasteiger partial charge in [0, 0.05) is 30.9 Å². The molecule has 1 aliphatic heterocycles. The Morgan fingerprint density at radius 3 is 2.12 bits per heavy atom. The van der Waals surface area contributed by atoms with Crippen molar-refractivity contribution in [3.05, 3.63) is 96.1 Å². The highest BCUT2D eigenvalue weighted by molar-refractivity contribution is 7.92. The molecule has 3 aromatic carbocycles. The van der Waals surface area contributed by atoms with E-state index in [-0.39, 0.29) is 16.8 Å². The molecule has 33 heavy (non-hydrogen) atoms. The van der Waals surface area contributed by atoms with Gasteiger partial charge in [-0.05, 0) is 42.0 Å². The minimum atomic E-state index is -3.68. The number of amides is 1. The average Bonchev–Trinajstić information content (AvgIpc) is 2.85. The molecule has 1 fully saturated rings. The molecule has 0 saturated carbocycles. The Bertz CT molecular complexity index is 1150. The number of morpholine rings is 1. The first-order valence-corrected chi connectivity index (χ1v) is 12.3. The third-order valence-electron chi connectivity index (χ3n) is 5.50. The van der Waals surface area contributed by atoms with Gasteiger partial charge in [-0.25, -0.2) is 8.42 Å². The zero-order valence-corrected chi connectivity index (χ0v) is 19.0. The van der Waals surface area contributed by atoms with Crippen LogP contribution in [-0.2, 0) is 14.8 Å². The van der Waals surface area contributed by atoms with Crippen molar-refractivity contribution in [2.75, 3.05) is 37.6 Å². The van der Waals surface area contributed by atoms with Gasteiger partial charge in [0.15, 0.2) is 0 Å². The van der Waals surface area contributed by atoms with E-state index in [1.165, 1.54) is 12.1 Å². The quantitative estimate of drug-likeness (QED) is 0.533. The number of benzene rings is 3. The van der Waals surface area contributed by atoms with E-state index in [0.717, 1.165) is 18.7 Å². The highest BCUT2D eigenvalue weighted by atomic mass is 32.2. The Morgan fingerprint density at radius 1 is 0.879 bits per heavy atom. The molecule has 0 spiro atoms. The lowest BCUT2D eigenvalue weighted by atomic mass is 10.1. The molecule has 1 amide bonds. The standard InChI is InChI=1S/C25H27N3O4S/c29-25(26-24(20-7-3-1-4-8-20)19-28-15-17-32-18-16-28)21-11-13-22(14-12-21)27-33(30,31)23-9-5-2-6-10-23/h1-14,24,27H,15-19H2,(H,26,29). The summed E-state index contributed by atoms with van der Waals surface area (Å²) in [6, 6.07) is 24.3. The summed E-state index contributed by atoms with van der Waals surface area (Å²) in [5, 5.41) is 3.13. The van der Waals surface area contributed by atoms with Gasteiger partial charge in [0.2, 0.25) is 0 Å². The van der Waals surface area contributed by atoms with Crippen LogP contribution in [-0.4, -0.2) is 52.1 Å². The second-order valence-corrected chi connectivity index (χ2v) is 9.53. The summed E-state index contributed by atoms with van der Waals surface area (Å²) >= 11 is 0. The van der Waals surface area contributed by atoms with Crippen molar-refractivity contribution in [2.24, 2.45) is 0 Å². The molecule has 8 heteroatoms. The number of nitrogens with zero attached hydrogens (tertiary/aromatic N) is 1. The van der Waals surface area contributed by atoms with Crippen molar-refractivity contribution in [3.63, 3.8) is 0 Å². The lowest BCUT2D eigenvalue weighted by Crippen LogP contribution is -2.43. The summed E-state index contributed by atoms with van der Waals surface area (Å²) in [5.41, 5.74) is 1.88. The topological polar surface area (TPSA) is 87.7 Å². The first kappa shape index (κ1) is 23.0. The Labute approximate surface area is 194 Å². The summed E-state index contributed by atoms with van der Waals surface area (Å²) in [6.07, 6.45) is 0. The smallest absolute Gasteiger partial charge is 0.261 e. The maximum Gasteiger partial charge on any atom is 0.261 e. The molecule has 1 aliphatic rings. The van der Waals surface area contributed by atoms with Crippen molar-refractivity contribution in [3.8, 4) is 0 Å². The van der Waals surface area contributed by atoms with Crippen molar-refractivity contribution in [1.29, 1.82) is 0 Å². The van der Waals surface area contributed by atoms with E-state index in [4.69, 9.17) is 4.74 Å². The number of carbonyl (C=O) groups excluding carboxylic acids is 1. The van der Waals surface area contributed by atoms with E-state index in [1.54, 1.807) is 42.5 Å². The molecule has 4 rings (SSSR count). The molecule has 0 aromatic heterocycles. The molecule has 7 nitrogen and oxygen atoms in total. The largest absolute Gasteiger partial charge is 0.379 e. The Kier molecular flexibility index (Phi) is 7.39. The van der Waals surface area contributed by atoms with Crippen LogP contribution in [0.1, 0.15) is 22.0 Å². The molecule has 0 radical (unpaired) electrons. The second-order valence-electron chi connectivity index (χ2n) is 7.85. The summed E-state index contributed by atoms with van der Waals surface area (Å²) in [7, 11) is -3.68. The van der Waals surface area contributed by atoms with Gasteiger partial charge in [0.05, 0.1) is 24.2 Å². The Balaban J connectivity index is 1.44. The lowest BCUT2D eigenvalue weighted by molar-refractivity contribution is 0.0332. The Morgan fingerprint density at radius 2 is 1.48 bits per heavy atom. The van der Waals surface area contributed by atoms with Crippen LogP contribution >= 0.6 is 0 Å². The molecule has 1 saturated heterocycles. The van der Waals surface area contributed by atoms with Crippen molar-refractivity contribution in [1.82, 2.24) is 10.2 Å². The molecule has 172 valence electrons. The third kappa shape index (κ3) is 6.19. The number of sulfonamides is 1. The van der Waals surface area contributed by atoms with Gasteiger partial charge in [-0.3, -0.25) is 14.4 Å². The first-order valence-electron chi connectivity index (χ1n) is 10.9. The van der Waals surface area contributed by atoms with E-state index in [2.05, 4.69) is 14.9 Å². The molecule has 1 heterocycles. The minimum Gasteiger partial charge on any atom is -0.379 e. The van der Waals surface area contributed by atoms with E-state index in [1.807, 2.05) is 30.3 Å². The summed E-state index contributed by atoms with van der Waals surface area (Å²) < 4.78 is 33.0. The number of carbonyl (C=O) groups is 1. The molecule has 3 aromatic rings. The highest BCUT2D eigenvalue weighted by Crippen LogP contribution is 2.19. The fourth-order valence-electron chi connectivity index (χ4n) is 3.71. The zero-order valence-electron chi connectivity index (χ0n) is 18.2. The van der Waals surface area contributed by atoms with Gasteiger partial charge in [0.25, 0.3) is 15.9 Å². The van der Waals surface area contributed by atoms with Crippen LogP contribution in [0.2, 0.25) is 0 Å². The number of hydrogen-bond acceptors (Lipinski definition) is 5. The van der Waals surface area contributed by atoms with Gasteiger partial charge in [-0.1, -0.05) is 48.5 Å². The van der Waals surface area contributed by atoms with E-state index in [0.29, 0.717) is 31.0 Å². The fourth-order valence-corrected chi connectivity index (χ4v) is 4.79. The van der Waals surface area contributed by atoms with E-state index in [9.17, 15) is 13.2 Å². The van der Waals surface area contributed by atoms with Gasteiger partial charge >= 0.3 is 0 Å². The summed E-state index contributed by atoms with van der Waals surface area (Å²) in [5.74, 6) is -0.213. The van der Waals surface area contributed by atoms with Crippen LogP contribution < -0.4 is 10.0 Å². The van der Waals surface area contributed by atoms with Crippen LogP contribution in [0.3, 0.4) is 0 Å². The molecule has 1 atom stereocenters. The SMILES string of the molecule is O=C(NC(CN1CCOCC1)c1ccccc1)c1ccc(NS(=O)(=O)c2ccccc2)cc1. The van der Waals surface area contributed by atoms with Crippen molar-refractivity contribution in [2.45, 2.75) is 10.9 Å². The van der Waals surface area contributed by atoms with Crippen LogP contribution in [0.15, 0.2) is 89.8 Å². The molecule has 0 bridgehead atoms. The average molecular weight is 466 g/mol. The van der Waals surface area contributed by atoms with Gasteiger partial charge in [0.1, 0.15) is 0 Å². The van der Waals surface area contributed by atoms with Crippen LogP contribution in [0.5, 0.6) is 0 Å². The minimum absolute atomic E-state index is 0.173. The predicted molar refractivity (Wildman–Crippen MR) is 128 cm³/mol. The molecule has 2 N–H and O–H groups in total. The van der Waals surface area contributed by atoms with Gasteiger partial charge in [-0.15, -0.1) is 0 Å². The van der Waals surface area contributed by atoms with Crippen molar-refractivity contribution >= 4 is 21.6 Å². The van der Waals surface area contributed by atoms with E-state index >= 15 is 0 Å². The molecular formula is C25H27N3O4S. The van der Waals surface area contributed by atoms with Gasteiger partial charge < -0.3 is 10.1 Å². The zero-order chi connectivity index (χ0) is 23.1. The van der Waals surface area contributed by atoms with Crippen LogP contribution in [0.25, 0.3) is 0 Å². The summed E-state index contributed by atoms with van der Waals surface area (Å²) in [6.45, 7) is 3.73. The van der Waals surface area contributed by atoms with Gasteiger partial charge in [-0.2, -0.15) is 0 Å². The van der Waals surface area contributed by atoms with Crippen LogP contribution in [0, 0.1) is 0 Å². The number of hydrogen-bond donors (Lipinski definition) is 2. The van der Waals surface area contributed by atoms with E-state index < -0.39 is 10.0 Å². The monoisotopic (exact) mass is 465 g/mol. The molecule has 0 aliphatic carbocycles. The van der Waals surface area contributed by atoms with Crippen molar-refractivity contribution < 1.29 is 17.9 Å². The number of rotatable bonds is 8. The Hall–Kier alpha value is -3.20.